The molecule has 1 rings (SSSR count). The molecule has 20 heavy (non-hydrogen) atoms. The van der Waals surface area contributed by atoms with Crippen LogP contribution in [0.3, 0.4) is 0 Å². The highest BCUT2D eigenvalue weighted by Crippen LogP contribution is 2.33. The topological polar surface area (TPSA) is 64.6 Å². The van der Waals surface area contributed by atoms with Gasteiger partial charge in [-0.1, -0.05) is 6.92 Å². The van der Waals surface area contributed by atoms with Crippen LogP contribution in [-0.2, 0) is 19.1 Å². The first-order valence-corrected chi connectivity index (χ1v) is 7.30. The van der Waals surface area contributed by atoms with Gasteiger partial charge in [-0.05, 0) is 60.0 Å². The van der Waals surface area contributed by atoms with Crippen molar-refractivity contribution in [1.82, 2.24) is 5.32 Å². The zero-order chi connectivity index (χ0) is 15.6. The second-order valence-corrected chi connectivity index (χ2v) is 5.93. The van der Waals surface area contributed by atoms with E-state index in [2.05, 4.69) is 17.0 Å². The van der Waals surface area contributed by atoms with E-state index >= 15 is 0 Å². The van der Waals surface area contributed by atoms with Crippen LogP contribution in [0.25, 0.3) is 0 Å². The molecule has 1 fully saturated rings. The molecule has 0 atom stereocenters. The summed E-state index contributed by atoms with van der Waals surface area (Å²) in [6.45, 7) is 12.2. The molecule has 0 radical (unpaired) electrons. The molecule has 0 saturated carbocycles. The van der Waals surface area contributed by atoms with Crippen LogP contribution in [-0.4, -0.2) is 37.7 Å². The first-order chi connectivity index (χ1) is 9.31. The maximum atomic E-state index is 11.7. The number of esters is 1. The quantitative estimate of drug-likeness (QED) is 0.635. The van der Waals surface area contributed by atoms with Crippen molar-refractivity contribution in [2.75, 3.05) is 19.7 Å². The highest BCUT2D eigenvalue weighted by Gasteiger charge is 2.38. The SMILES string of the molecule is CC(C)(C)OC=O.CCOC(=O)C1(CC)CCNCC1. The third-order valence-electron chi connectivity index (χ3n) is 3.35. The fourth-order valence-electron chi connectivity index (χ4n) is 2.04. The van der Waals surface area contributed by atoms with E-state index in [1.54, 1.807) is 0 Å². The number of ether oxygens (including phenoxy) is 2. The lowest BCUT2D eigenvalue weighted by molar-refractivity contribution is -0.157. The van der Waals surface area contributed by atoms with Crippen LogP contribution in [0.5, 0.6) is 0 Å². The van der Waals surface area contributed by atoms with Gasteiger partial charge in [-0.2, -0.15) is 0 Å². The number of hydrogen-bond acceptors (Lipinski definition) is 5. The summed E-state index contributed by atoms with van der Waals surface area (Å²) in [6, 6.07) is 0. The molecule has 0 unspecified atom stereocenters. The van der Waals surface area contributed by atoms with Gasteiger partial charge in [0.25, 0.3) is 6.47 Å². The van der Waals surface area contributed by atoms with Gasteiger partial charge in [0, 0.05) is 0 Å². The monoisotopic (exact) mass is 287 g/mol. The molecule has 0 aromatic heterocycles. The molecule has 118 valence electrons. The molecule has 5 nitrogen and oxygen atoms in total. The molecule has 1 saturated heterocycles. The third-order valence-corrected chi connectivity index (χ3v) is 3.35. The van der Waals surface area contributed by atoms with Crippen LogP contribution >= 0.6 is 0 Å². The highest BCUT2D eigenvalue weighted by molar-refractivity contribution is 5.77. The van der Waals surface area contributed by atoms with Gasteiger partial charge in [0.2, 0.25) is 0 Å². The van der Waals surface area contributed by atoms with E-state index in [1.807, 2.05) is 27.7 Å². The Balaban J connectivity index is 0.000000441. The van der Waals surface area contributed by atoms with Crippen LogP contribution in [0.4, 0.5) is 0 Å². The van der Waals surface area contributed by atoms with Gasteiger partial charge >= 0.3 is 5.97 Å². The van der Waals surface area contributed by atoms with Crippen LogP contribution in [0.1, 0.15) is 53.9 Å². The second kappa shape index (κ2) is 8.95. The Labute approximate surface area is 122 Å². The van der Waals surface area contributed by atoms with Crippen molar-refractivity contribution in [3.05, 3.63) is 0 Å². The van der Waals surface area contributed by atoms with E-state index in [0.717, 1.165) is 32.4 Å². The van der Waals surface area contributed by atoms with Gasteiger partial charge in [0.1, 0.15) is 5.60 Å². The predicted molar refractivity (Wildman–Crippen MR) is 78.4 cm³/mol. The summed E-state index contributed by atoms with van der Waals surface area (Å²) in [7, 11) is 0. The Morgan fingerprint density at radius 3 is 2.10 bits per heavy atom. The average molecular weight is 287 g/mol. The molecule has 1 heterocycles. The molecule has 0 bridgehead atoms. The molecule has 5 heteroatoms. The maximum Gasteiger partial charge on any atom is 0.312 e. The molecular formula is C15H29NO4. The number of piperidine rings is 1. The van der Waals surface area contributed by atoms with Crippen molar-refractivity contribution in [3.63, 3.8) is 0 Å². The predicted octanol–water partition coefficient (Wildman–Crippen LogP) is 2.29. The molecule has 0 spiro atoms. The Morgan fingerprint density at radius 2 is 1.80 bits per heavy atom. The summed E-state index contributed by atoms with van der Waals surface area (Å²) in [6.07, 6.45) is 2.73. The van der Waals surface area contributed by atoms with Crippen LogP contribution in [0.2, 0.25) is 0 Å². The molecule has 0 aromatic carbocycles. The minimum Gasteiger partial charge on any atom is -0.466 e. The average Bonchev–Trinajstić information content (AvgIpc) is 2.39. The fraction of sp³-hybridized carbons (Fsp3) is 0.867. The van der Waals surface area contributed by atoms with E-state index in [9.17, 15) is 9.59 Å². The molecule has 0 aliphatic carbocycles. The first-order valence-electron chi connectivity index (χ1n) is 7.30. The third kappa shape index (κ3) is 6.89. The number of carbonyl (C=O) groups is 2. The maximum absolute atomic E-state index is 11.7. The molecule has 1 aliphatic heterocycles. The summed E-state index contributed by atoms with van der Waals surface area (Å²) in [4.78, 5) is 21.3. The van der Waals surface area contributed by atoms with Gasteiger partial charge in [-0.25, -0.2) is 0 Å². The summed E-state index contributed by atoms with van der Waals surface area (Å²) < 4.78 is 9.66. The number of rotatable bonds is 4. The first kappa shape index (κ1) is 18.9. The highest BCUT2D eigenvalue weighted by atomic mass is 16.5. The van der Waals surface area contributed by atoms with Crippen molar-refractivity contribution in [2.45, 2.75) is 59.5 Å². The van der Waals surface area contributed by atoms with E-state index < -0.39 is 0 Å². The van der Waals surface area contributed by atoms with E-state index in [-0.39, 0.29) is 17.0 Å². The zero-order valence-corrected chi connectivity index (χ0v) is 13.5. The van der Waals surface area contributed by atoms with Gasteiger partial charge in [-0.15, -0.1) is 0 Å². The van der Waals surface area contributed by atoms with Crippen molar-refractivity contribution < 1.29 is 19.1 Å². The van der Waals surface area contributed by atoms with Crippen LogP contribution in [0.15, 0.2) is 0 Å². The largest absolute Gasteiger partial charge is 0.466 e. The molecule has 1 aliphatic rings. The standard InChI is InChI=1S/C10H19NO2.C5H10O2/c1-3-10(9(12)13-4-2)5-7-11-8-6-10;1-5(2,3)7-4-6/h11H,3-8H2,1-2H3;4H,1-3H3. The van der Waals surface area contributed by atoms with Crippen molar-refractivity contribution >= 4 is 12.4 Å². The fourth-order valence-corrected chi connectivity index (χ4v) is 2.04. The van der Waals surface area contributed by atoms with Crippen molar-refractivity contribution in [1.29, 1.82) is 0 Å². The smallest absolute Gasteiger partial charge is 0.312 e. The molecule has 0 amide bonds. The molecular weight excluding hydrogens is 258 g/mol. The number of nitrogens with one attached hydrogen (secondary N) is 1. The zero-order valence-electron chi connectivity index (χ0n) is 13.5. The Bertz CT molecular complexity index is 291. The summed E-state index contributed by atoms with van der Waals surface area (Å²) in [5, 5.41) is 3.26. The van der Waals surface area contributed by atoms with Gasteiger partial charge in [0.05, 0.1) is 12.0 Å². The van der Waals surface area contributed by atoms with E-state index in [1.165, 1.54) is 0 Å². The lowest BCUT2D eigenvalue weighted by Gasteiger charge is -2.34. The lowest BCUT2D eigenvalue weighted by atomic mass is 9.77. The van der Waals surface area contributed by atoms with E-state index in [0.29, 0.717) is 13.1 Å². The minimum atomic E-state index is -0.318. The van der Waals surface area contributed by atoms with Crippen LogP contribution in [0, 0.1) is 5.41 Å². The van der Waals surface area contributed by atoms with Crippen molar-refractivity contribution in [3.8, 4) is 0 Å². The Hall–Kier alpha value is -1.10. The van der Waals surface area contributed by atoms with Crippen molar-refractivity contribution in [2.24, 2.45) is 5.41 Å². The normalized spacial score (nSPS) is 17.4. The Kier molecular flexibility index (Phi) is 8.46. The molecule has 1 N–H and O–H groups in total. The van der Waals surface area contributed by atoms with Gasteiger partial charge in [-0.3, -0.25) is 9.59 Å². The summed E-state index contributed by atoms with van der Waals surface area (Å²) in [5.74, 6) is -0.000926. The van der Waals surface area contributed by atoms with Gasteiger partial charge < -0.3 is 14.8 Å². The second-order valence-electron chi connectivity index (χ2n) is 5.93. The Morgan fingerprint density at radius 1 is 1.25 bits per heavy atom. The van der Waals surface area contributed by atoms with E-state index in [4.69, 9.17) is 4.74 Å². The number of hydrogen-bond donors (Lipinski definition) is 1. The summed E-state index contributed by atoms with van der Waals surface area (Å²) >= 11 is 0. The van der Waals surface area contributed by atoms with Crippen LogP contribution < -0.4 is 5.32 Å². The summed E-state index contributed by atoms with van der Waals surface area (Å²) in [5.41, 5.74) is -0.511. The molecule has 0 aromatic rings. The minimum absolute atomic E-state index is 0.000926. The number of carbonyl (C=O) groups excluding carboxylic acids is 2. The van der Waals surface area contributed by atoms with Gasteiger partial charge in [0.15, 0.2) is 0 Å². The lowest BCUT2D eigenvalue weighted by Crippen LogP contribution is -2.42.